The van der Waals surface area contributed by atoms with Crippen LogP contribution in [0, 0.1) is 0 Å². The lowest BCUT2D eigenvalue weighted by Gasteiger charge is -2.05. The van der Waals surface area contributed by atoms with E-state index in [1.54, 1.807) is 0 Å². The molecule has 0 aromatic heterocycles. The largest absolute Gasteiger partial charge is 0.329 e. The van der Waals surface area contributed by atoms with Gasteiger partial charge in [-0.3, -0.25) is 4.90 Å². The third kappa shape index (κ3) is 5.49. The summed E-state index contributed by atoms with van der Waals surface area (Å²) in [6.45, 7) is 8.65. The van der Waals surface area contributed by atoms with E-state index in [4.69, 9.17) is 5.73 Å². The molecule has 4 nitrogen and oxygen atoms in total. The van der Waals surface area contributed by atoms with Crippen molar-refractivity contribution in [1.82, 2.24) is 15.5 Å². The van der Waals surface area contributed by atoms with Gasteiger partial charge in [0.1, 0.15) is 0 Å². The maximum absolute atomic E-state index is 5.33. The molecule has 0 unspecified atom stereocenters. The standard InChI is InChI=1S/C8H20N4/c9-1-2-10-3-4-11-5-6-12-7-8-12/h10-11H,1-9H2. The lowest BCUT2D eigenvalue weighted by Crippen LogP contribution is -2.32. The summed E-state index contributed by atoms with van der Waals surface area (Å²) in [6.07, 6.45) is 0. The van der Waals surface area contributed by atoms with Crippen molar-refractivity contribution in [2.45, 2.75) is 0 Å². The highest BCUT2D eigenvalue weighted by atomic mass is 15.3. The molecule has 4 heteroatoms. The molecule has 0 amide bonds. The minimum absolute atomic E-state index is 0.730. The van der Waals surface area contributed by atoms with Gasteiger partial charge in [0.15, 0.2) is 0 Å². The molecule has 1 rings (SSSR count). The molecule has 1 saturated heterocycles. The maximum atomic E-state index is 5.33. The van der Waals surface area contributed by atoms with Crippen LogP contribution in [0.4, 0.5) is 0 Å². The van der Waals surface area contributed by atoms with E-state index in [9.17, 15) is 0 Å². The van der Waals surface area contributed by atoms with Crippen molar-refractivity contribution in [3.05, 3.63) is 0 Å². The van der Waals surface area contributed by atoms with Gasteiger partial charge < -0.3 is 16.4 Å². The van der Waals surface area contributed by atoms with E-state index >= 15 is 0 Å². The van der Waals surface area contributed by atoms with Gasteiger partial charge in [-0.1, -0.05) is 0 Å². The van der Waals surface area contributed by atoms with Crippen LogP contribution in [0.1, 0.15) is 0 Å². The average Bonchev–Trinajstić information content (AvgIpc) is 2.87. The normalized spacial score (nSPS) is 16.8. The van der Waals surface area contributed by atoms with E-state index in [0.717, 1.165) is 32.7 Å². The van der Waals surface area contributed by atoms with Crippen LogP contribution in [0.25, 0.3) is 0 Å². The molecule has 0 spiro atoms. The molecule has 1 aliphatic rings. The molecule has 0 bridgehead atoms. The second-order valence-corrected chi connectivity index (χ2v) is 3.13. The third-order valence-electron chi connectivity index (χ3n) is 1.94. The Morgan fingerprint density at radius 3 is 2.25 bits per heavy atom. The number of hydrogen-bond acceptors (Lipinski definition) is 4. The summed E-state index contributed by atoms with van der Waals surface area (Å²) >= 11 is 0. The molecule has 1 heterocycles. The maximum Gasteiger partial charge on any atom is 0.0110 e. The number of nitrogens with one attached hydrogen (secondary N) is 2. The van der Waals surface area contributed by atoms with Crippen LogP contribution in [0.2, 0.25) is 0 Å². The van der Waals surface area contributed by atoms with Crippen LogP contribution in [-0.2, 0) is 0 Å². The van der Waals surface area contributed by atoms with Crippen LogP contribution in [0.5, 0.6) is 0 Å². The SMILES string of the molecule is NCCNCCNCCN1CC1. The molecule has 72 valence electrons. The van der Waals surface area contributed by atoms with Gasteiger partial charge in [-0.25, -0.2) is 0 Å². The van der Waals surface area contributed by atoms with Crippen molar-refractivity contribution >= 4 is 0 Å². The molecule has 4 N–H and O–H groups in total. The third-order valence-corrected chi connectivity index (χ3v) is 1.94. The lowest BCUT2D eigenvalue weighted by molar-refractivity contribution is 0.515. The number of rotatable bonds is 8. The monoisotopic (exact) mass is 172 g/mol. The van der Waals surface area contributed by atoms with Gasteiger partial charge in [0.05, 0.1) is 0 Å². The molecular formula is C8H20N4. The van der Waals surface area contributed by atoms with E-state index in [-0.39, 0.29) is 0 Å². The second-order valence-electron chi connectivity index (χ2n) is 3.13. The molecule has 0 aromatic carbocycles. The zero-order valence-electron chi connectivity index (χ0n) is 7.68. The zero-order chi connectivity index (χ0) is 8.65. The first-order chi connectivity index (χ1) is 5.93. The minimum Gasteiger partial charge on any atom is -0.329 e. The van der Waals surface area contributed by atoms with Crippen LogP contribution < -0.4 is 16.4 Å². The molecular weight excluding hydrogens is 152 g/mol. The Kier molecular flexibility index (Phi) is 5.27. The Morgan fingerprint density at radius 1 is 1.00 bits per heavy atom. The average molecular weight is 172 g/mol. The van der Waals surface area contributed by atoms with Crippen LogP contribution in [0.3, 0.4) is 0 Å². The lowest BCUT2D eigenvalue weighted by atomic mass is 10.5. The summed E-state index contributed by atoms with van der Waals surface area (Å²) < 4.78 is 0. The van der Waals surface area contributed by atoms with Crippen LogP contribution in [0.15, 0.2) is 0 Å². The van der Waals surface area contributed by atoms with Gasteiger partial charge in [0, 0.05) is 52.4 Å². The van der Waals surface area contributed by atoms with Crippen LogP contribution >= 0.6 is 0 Å². The first kappa shape index (κ1) is 9.92. The predicted octanol–water partition coefficient (Wildman–Crippen LogP) is -1.56. The van der Waals surface area contributed by atoms with Gasteiger partial charge in [-0.05, 0) is 0 Å². The first-order valence-corrected chi connectivity index (χ1v) is 4.77. The molecule has 0 aromatic rings. The number of nitrogens with two attached hydrogens (primary N) is 1. The van der Waals surface area contributed by atoms with E-state index in [0.29, 0.717) is 0 Å². The van der Waals surface area contributed by atoms with E-state index in [1.807, 2.05) is 0 Å². The Hall–Kier alpha value is -0.160. The topological polar surface area (TPSA) is 53.1 Å². The number of hydrogen-bond donors (Lipinski definition) is 3. The summed E-state index contributed by atoms with van der Waals surface area (Å²) in [5, 5.41) is 6.61. The highest BCUT2D eigenvalue weighted by Crippen LogP contribution is 1.99. The minimum atomic E-state index is 0.730. The second kappa shape index (κ2) is 6.37. The molecule has 0 radical (unpaired) electrons. The Bertz CT molecular complexity index is 103. The Labute approximate surface area is 74.5 Å². The fourth-order valence-electron chi connectivity index (χ4n) is 1.06. The first-order valence-electron chi connectivity index (χ1n) is 4.77. The molecule has 0 saturated carbocycles. The van der Waals surface area contributed by atoms with Gasteiger partial charge in [0.25, 0.3) is 0 Å². The van der Waals surface area contributed by atoms with Gasteiger partial charge >= 0.3 is 0 Å². The van der Waals surface area contributed by atoms with E-state index in [1.165, 1.54) is 19.6 Å². The fraction of sp³-hybridized carbons (Fsp3) is 1.00. The summed E-state index contributed by atoms with van der Waals surface area (Å²) in [5.74, 6) is 0. The van der Waals surface area contributed by atoms with Crippen molar-refractivity contribution in [1.29, 1.82) is 0 Å². The molecule has 0 atom stereocenters. The predicted molar refractivity (Wildman–Crippen MR) is 51.2 cm³/mol. The summed E-state index contributed by atoms with van der Waals surface area (Å²) in [6, 6.07) is 0. The fourth-order valence-corrected chi connectivity index (χ4v) is 1.06. The summed E-state index contributed by atoms with van der Waals surface area (Å²) in [5.41, 5.74) is 5.33. The van der Waals surface area contributed by atoms with Crippen LogP contribution in [-0.4, -0.2) is 57.3 Å². The molecule has 1 aliphatic heterocycles. The molecule has 0 aliphatic carbocycles. The van der Waals surface area contributed by atoms with Crippen molar-refractivity contribution in [2.75, 3.05) is 52.4 Å². The highest BCUT2D eigenvalue weighted by Gasteiger charge is 2.14. The van der Waals surface area contributed by atoms with Crippen molar-refractivity contribution in [3.8, 4) is 0 Å². The van der Waals surface area contributed by atoms with E-state index < -0.39 is 0 Å². The van der Waals surface area contributed by atoms with Gasteiger partial charge in [0.2, 0.25) is 0 Å². The molecule has 1 fully saturated rings. The smallest absolute Gasteiger partial charge is 0.0110 e. The number of nitrogens with zero attached hydrogens (tertiary/aromatic N) is 1. The van der Waals surface area contributed by atoms with E-state index in [2.05, 4.69) is 15.5 Å². The van der Waals surface area contributed by atoms with Crippen molar-refractivity contribution in [3.63, 3.8) is 0 Å². The molecule has 12 heavy (non-hydrogen) atoms. The zero-order valence-corrected chi connectivity index (χ0v) is 7.68. The quantitative estimate of drug-likeness (QED) is 0.306. The van der Waals surface area contributed by atoms with Gasteiger partial charge in [-0.2, -0.15) is 0 Å². The van der Waals surface area contributed by atoms with Gasteiger partial charge in [-0.15, -0.1) is 0 Å². The summed E-state index contributed by atoms with van der Waals surface area (Å²) in [4.78, 5) is 2.42. The Morgan fingerprint density at radius 2 is 1.67 bits per heavy atom. The van der Waals surface area contributed by atoms with Crippen molar-refractivity contribution in [2.24, 2.45) is 5.73 Å². The Balaban J connectivity index is 1.65. The highest BCUT2D eigenvalue weighted by molar-refractivity contribution is 4.72. The van der Waals surface area contributed by atoms with Crippen molar-refractivity contribution < 1.29 is 0 Å². The summed E-state index contributed by atoms with van der Waals surface area (Å²) in [7, 11) is 0.